The van der Waals surface area contributed by atoms with Crippen LogP contribution in [0.15, 0.2) is 33.5 Å². The monoisotopic (exact) mass is 355 g/mol. The van der Waals surface area contributed by atoms with Crippen LogP contribution in [0.5, 0.6) is 0 Å². The summed E-state index contributed by atoms with van der Waals surface area (Å²) in [7, 11) is 4.10. The third-order valence-corrected chi connectivity index (χ3v) is 3.99. The van der Waals surface area contributed by atoms with Gasteiger partial charge in [0.25, 0.3) is 0 Å². The molecule has 0 amide bonds. The number of nitrogens with one attached hydrogen (secondary N) is 1. The molecule has 0 spiro atoms. The number of hydrogen-bond donors (Lipinski definition) is 2. The lowest BCUT2D eigenvalue weighted by Gasteiger charge is -2.19. The van der Waals surface area contributed by atoms with Crippen molar-refractivity contribution in [3.63, 3.8) is 0 Å². The van der Waals surface area contributed by atoms with E-state index in [-0.39, 0.29) is 6.04 Å². The molecule has 0 aliphatic rings. The molecular formula is C14H22BrN5O. The van der Waals surface area contributed by atoms with Crippen molar-refractivity contribution < 1.29 is 4.42 Å². The summed E-state index contributed by atoms with van der Waals surface area (Å²) in [5.41, 5.74) is 3.96. The second kappa shape index (κ2) is 7.74. The highest BCUT2D eigenvalue weighted by Crippen LogP contribution is 2.26. The zero-order chi connectivity index (χ0) is 15.2. The van der Waals surface area contributed by atoms with Crippen LogP contribution in [0.3, 0.4) is 0 Å². The van der Waals surface area contributed by atoms with Gasteiger partial charge in [-0.15, -0.1) is 0 Å². The summed E-state index contributed by atoms with van der Waals surface area (Å²) >= 11 is 3.57. The summed E-state index contributed by atoms with van der Waals surface area (Å²) in [5.74, 6) is 6.71. The highest BCUT2D eigenvalue weighted by molar-refractivity contribution is 9.10. The third kappa shape index (κ3) is 4.41. The van der Waals surface area contributed by atoms with E-state index < -0.39 is 0 Å². The first-order valence-corrected chi connectivity index (χ1v) is 7.75. The van der Waals surface area contributed by atoms with E-state index in [0.29, 0.717) is 0 Å². The molecule has 2 heterocycles. The maximum atomic E-state index is 5.74. The molecule has 21 heavy (non-hydrogen) atoms. The van der Waals surface area contributed by atoms with Gasteiger partial charge in [-0.1, -0.05) is 0 Å². The maximum absolute atomic E-state index is 5.74. The van der Waals surface area contributed by atoms with E-state index in [0.717, 1.165) is 41.9 Å². The Hall–Kier alpha value is -1.15. The standard InChI is InChI=1S/C14H22BrN5O/c1-19(2)7-8-20-14(12(15)10-17-20)13(18-16)6-5-11-4-3-9-21-11/h3-4,9-10,13,18H,5-8,16H2,1-2H3. The van der Waals surface area contributed by atoms with Crippen molar-refractivity contribution in [1.82, 2.24) is 20.1 Å². The average molecular weight is 356 g/mol. The third-order valence-electron chi connectivity index (χ3n) is 3.38. The molecule has 0 aliphatic heterocycles. The van der Waals surface area contributed by atoms with Crippen molar-refractivity contribution >= 4 is 15.9 Å². The van der Waals surface area contributed by atoms with Crippen molar-refractivity contribution in [3.8, 4) is 0 Å². The Morgan fingerprint density at radius 1 is 1.52 bits per heavy atom. The highest BCUT2D eigenvalue weighted by atomic mass is 79.9. The van der Waals surface area contributed by atoms with E-state index in [9.17, 15) is 0 Å². The molecule has 6 nitrogen and oxygen atoms in total. The van der Waals surface area contributed by atoms with Crippen LogP contribution >= 0.6 is 15.9 Å². The minimum absolute atomic E-state index is 0.0223. The number of hydrazine groups is 1. The normalized spacial score (nSPS) is 13.0. The van der Waals surface area contributed by atoms with E-state index in [1.165, 1.54) is 0 Å². The lowest BCUT2D eigenvalue weighted by atomic mass is 10.1. The molecular weight excluding hydrogens is 334 g/mol. The van der Waals surface area contributed by atoms with Gasteiger partial charge in [-0.2, -0.15) is 5.10 Å². The van der Waals surface area contributed by atoms with Crippen LogP contribution in [0.25, 0.3) is 0 Å². The Morgan fingerprint density at radius 3 is 2.95 bits per heavy atom. The average Bonchev–Trinajstić information content (AvgIpc) is 3.08. The van der Waals surface area contributed by atoms with Gasteiger partial charge in [-0.3, -0.25) is 16.0 Å². The Bertz CT molecular complexity index is 538. The number of rotatable bonds is 8. The molecule has 3 N–H and O–H groups in total. The molecule has 1 atom stereocenters. The predicted octanol–water partition coefficient (Wildman–Crippen LogP) is 1.94. The van der Waals surface area contributed by atoms with Crippen LogP contribution in [0.2, 0.25) is 0 Å². The number of likely N-dealkylation sites (N-methyl/N-ethyl adjacent to an activating group) is 1. The number of aromatic nitrogens is 2. The fourth-order valence-electron chi connectivity index (χ4n) is 2.23. The molecule has 0 radical (unpaired) electrons. The molecule has 116 valence electrons. The lowest BCUT2D eigenvalue weighted by Crippen LogP contribution is -2.31. The van der Waals surface area contributed by atoms with Crippen LogP contribution in [0.4, 0.5) is 0 Å². The fourth-order valence-corrected chi connectivity index (χ4v) is 2.80. The first-order valence-electron chi connectivity index (χ1n) is 6.96. The van der Waals surface area contributed by atoms with Crippen LogP contribution in [-0.4, -0.2) is 35.3 Å². The van der Waals surface area contributed by atoms with Gasteiger partial charge >= 0.3 is 0 Å². The van der Waals surface area contributed by atoms with Crippen molar-refractivity contribution in [1.29, 1.82) is 0 Å². The summed E-state index contributed by atoms with van der Waals surface area (Å²) < 4.78 is 8.35. The van der Waals surface area contributed by atoms with Crippen LogP contribution in [0.1, 0.15) is 23.9 Å². The number of nitrogens with zero attached hydrogens (tertiary/aromatic N) is 3. The smallest absolute Gasteiger partial charge is 0.103 e. The quantitative estimate of drug-likeness (QED) is 0.559. The van der Waals surface area contributed by atoms with Crippen molar-refractivity contribution in [2.75, 3.05) is 20.6 Å². The molecule has 0 fully saturated rings. The second-order valence-corrected chi connectivity index (χ2v) is 6.10. The molecule has 0 saturated heterocycles. The number of aryl methyl sites for hydroxylation is 1. The predicted molar refractivity (Wildman–Crippen MR) is 85.6 cm³/mol. The molecule has 1 unspecified atom stereocenters. The van der Waals surface area contributed by atoms with Crippen LogP contribution in [0, 0.1) is 0 Å². The Labute approximate surface area is 133 Å². The Kier molecular flexibility index (Phi) is 5.98. The topological polar surface area (TPSA) is 72.2 Å². The van der Waals surface area contributed by atoms with Crippen molar-refractivity contribution in [2.24, 2.45) is 5.84 Å². The first kappa shape index (κ1) is 16.2. The van der Waals surface area contributed by atoms with Crippen LogP contribution in [-0.2, 0) is 13.0 Å². The first-order chi connectivity index (χ1) is 10.1. The summed E-state index contributed by atoms with van der Waals surface area (Å²) in [6.45, 7) is 1.75. The summed E-state index contributed by atoms with van der Waals surface area (Å²) in [6, 6.07) is 3.90. The van der Waals surface area contributed by atoms with Gasteiger partial charge in [-0.25, -0.2) is 0 Å². The van der Waals surface area contributed by atoms with Gasteiger partial charge < -0.3 is 9.32 Å². The Balaban J connectivity index is 2.07. The van der Waals surface area contributed by atoms with Crippen LogP contribution < -0.4 is 11.3 Å². The SMILES string of the molecule is CN(C)CCn1ncc(Br)c1C(CCc1ccco1)NN. The second-order valence-electron chi connectivity index (χ2n) is 5.24. The maximum Gasteiger partial charge on any atom is 0.103 e. The number of furan rings is 1. The molecule has 2 aromatic rings. The zero-order valence-corrected chi connectivity index (χ0v) is 14.0. The fraction of sp³-hybridized carbons (Fsp3) is 0.500. The number of nitrogens with two attached hydrogens (primary N) is 1. The molecule has 2 aromatic heterocycles. The zero-order valence-electron chi connectivity index (χ0n) is 12.4. The molecule has 0 bridgehead atoms. The van der Waals surface area contributed by atoms with Gasteiger partial charge in [-0.05, 0) is 48.6 Å². The van der Waals surface area contributed by atoms with Gasteiger partial charge in [0.15, 0.2) is 0 Å². The minimum Gasteiger partial charge on any atom is -0.469 e. The summed E-state index contributed by atoms with van der Waals surface area (Å²) in [5, 5.41) is 4.43. The van der Waals surface area contributed by atoms with E-state index in [1.54, 1.807) is 6.26 Å². The van der Waals surface area contributed by atoms with E-state index in [4.69, 9.17) is 10.3 Å². The molecule has 7 heteroatoms. The van der Waals surface area contributed by atoms with E-state index >= 15 is 0 Å². The molecule has 0 aromatic carbocycles. The minimum atomic E-state index is 0.0223. The number of halogens is 1. The highest BCUT2D eigenvalue weighted by Gasteiger charge is 2.19. The van der Waals surface area contributed by atoms with Crippen molar-refractivity contribution in [2.45, 2.75) is 25.4 Å². The van der Waals surface area contributed by atoms with Gasteiger partial charge in [0.05, 0.1) is 35.2 Å². The summed E-state index contributed by atoms with van der Waals surface area (Å²) in [4.78, 5) is 2.13. The van der Waals surface area contributed by atoms with Gasteiger partial charge in [0.2, 0.25) is 0 Å². The number of hydrogen-bond acceptors (Lipinski definition) is 5. The van der Waals surface area contributed by atoms with Gasteiger partial charge in [0.1, 0.15) is 5.76 Å². The lowest BCUT2D eigenvalue weighted by molar-refractivity contribution is 0.358. The molecule has 2 rings (SSSR count). The van der Waals surface area contributed by atoms with Gasteiger partial charge in [0, 0.05) is 13.0 Å². The Morgan fingerprint density at radius 2 is 2.33 bits per heavy atom. The largest absolute Gasteiger partial charge is 0.469 e. The summed E-state index contributed by atoms with van der Waals surface area (Å²) in [6.07, 6.45) is 5.18. The molecule has 0 saturated carbocycles. The molecule has 0 aliphatic carbocycles. The van der Waals surface area contributed by atoms with E-state index in [1.807, 2.05) is 37.1 Å². The van der Waals surface area contributed by atoms with E-state index in [2.05, 4.69) is 31.4 Å². The van der Waals surface area contributed by atoms with Crippen molar-refractivity contribution in [3.05, 3.63) is 40.5 Å².